The van der Waals surface area contributed by atoms with Gasteiger partial charge in [-0.05, 0) is 38.0 Å². The van der Waals surface area contributed by atoms with Crippen molar-refractivity contribution in [1.82, 2.24) is 0 Å². The van der Waals surface area contributed by atoms with Crippen LogP contribution in [0.1, 0.15) is 51.4 Å². The molecule has 1 saturated carbocycles. The fraction of sp³-hybridized carbons (Fsp3) is 0.846. The first-order chi connectivity index (χ1) is 6.88. The summed E-state index contributed by atoms with van der Waals surface area (Å²) in [6, 6.07) is 0. The Kier molecular flexibility index (Phi) is 3.63. The number of aliphatic hydroxyl groups is 1. The molecule has 0 radical (unpaired) electrons. The minimum atomic E-state index is -0.0492. The molecule has 0 aliphatic heterocycles. The monoisotopic (exact) mass is 194 g/mol. The second-order valence-corrected chi connectivity index (χ2v) is 4.91. The minimum Gasteiger partial charge on any atom is -0.392 e. The van der Waals surface area contributed by atoms with Crippen LogP contribution in [0.15, 0.2) is 12.2 Å². The van der Waals surface area contributed by atoms with Crippen LogP contribution in [-0.4, -0.2) is 11.2 Å². The molecule has 2 unspecified atom stereocenters. The predicted molar refractivity (Wildman–Crippen MR) is 59.1 cm³/mol. The Morgan fingerprint density at radius 2 is 1.79 bits per heavy atom. The highest BCUT2D eigenvalue weighted by molar-refractivity contribution is 4.97. The lowest BCUT2D eigenvalue weighted by atomic mass is 9.78. The normalized spacial score (nSPS) is 31.6. The lowest BCUT2D eigenvalue weighted by molar-refractivity contribution is 0.0450. The van der Waals surface area contributed by atoms with Crippen molar-refractivity contribution in [3.63, 3.8) is 0 Å². The van der Waals surface area contributed by atoms with E-state index in [1.807, 2.05) is 0 Å². The number of allylic oxidation sites excluding steroid dienone is 1. The zero-order chi connectivity index (χ0) is 9.80. The van der Waals surface area contributed by atoms with E-state index in [0.29, 0.717) is 11.8 Å². The second-order valence-electron chi connectivity index (χ2n) is 4.91. The Balaban J connectivity index is 1.88. The zero-order valence-electron chi connectivity index (χ0n) is 8.99. The van der Waals surface area contributed by atoms with Gasteiger partial charge in [0.15, 0.2) is 0 Å². The standard InChI is InChI=1S/C13H22O/c14-13(11-7-3-1-4-8-11)12-9-5-2-6-10-12/h3,7,11-14H,1-2,4-6,8-10H2. The molecule has 0 spiro atoms. The largest absolute Gasteiger partial charge is 0.392 e. The highest BCUT2D eigenvalue weighted by atomic mass is 16.3. The third-order valence-corrected chi connectivity index (χ3v) is 3.86. The fourth-order valence-corrected chi connectivity index (χ4v) is 2.95. The van der Waals surface area contributed by atoms with Gasteiger partial charge in [0.1, 0.15) is 0 Å². The SMILES string of the molecule is OC(C1C=CCCC1)C1CCCCC1. The van der Waals surface area contributed by atoms with Crippen molar-refractivity contribution in [1.29, 1.82) is 0 Å². The smallest absolute Gasteiger partial charge is 0.0630 e. The van der Waals surface area contributed by atoms with Gasteiger partial charge < -0.3 is 5.11 Å². The van der Waals surface area contributed by atoms with Gasteiger partial charge in [-0.3, -0.25) is 0 Å². The Bertz CT molecular complexity index is 191. The average Bonchev–Trinajstić information content (AvgIpc) is 2.30. The molecule has 0 heterocycles. The maximum atomic E-state index is 10.2. The summed E-state index contributed by atoms with van der Waals surface area (Å²) in [5, 5.41) is 10.2. The van der Waals surface area contributed by atoms with Gasteiger partial charge in [0.05, 0.1) is 6.10 Å². The summed E-state index contributed by atoms with van der Waals surface area (Å²) in [4.78, 5) is 0. The molecule has 2 atom stereocenters. The van der Waals surface area contributed by atoms with Crippen molar-refractivity contribution < 1.29 is 5.11 Å². The van der Waals surface area contributed by atoms with E-state index in [0.717, 1.165) is 0 Å². The van der Waals surface area contributed by atoms with Crippen LogP contribution < -0.4 is 0 Å². The molecule has 0 aromatic carbocycles. The summed E-state index contributed by atoms with van der Waals surface area (Å²) in [6.45, 7) is 0. The Hall–Kier alpha value is -0.300. The van der Waals surface area contributed by atoms with Crippen LogP contribution in [0.3, 0.4) is 0 Å². The van der Waals surface area contributed by atoms with E-state index in [9.17, 15) is 5.11 Å². The molecular formula is C13H22O. The molecule has 1 N–H and O–H groups in total. The van der Waals surface area contributed by atoms with Gasteiger partial charge in [0.2, 0.25) is 0 Å². The van der Waals surface area contributed by atoms with Crippen LogP contribution >= 0.6 is 0 Å². The maximum Gasteiger partial charge on any atom is 0.0630 e. The third kappa shape index (κ3) is 2.38. The number of hydrogen-bond donors (Lipinski definition) is 1. The molecule has 0 amide bonds. The molecule has 2 rings (SSSR count). The molecule has 1 nitrogen and oxygen atoms in total. The predicted octanol–water partition coefficient (Wildman–Crippen LogP) is 3.28. The van der Waals surface area contributed by atoms with Crippen LogP contribution in [0.25, 0.3) is 0 Å². The van der Waals surface area contributed by atoms with Crippen molar-refractivity contribution >= 4 is 0 Å². The second kappa shape index (κ2) is 4.97. The topological polar surface area (TPSA) is 20.2 Å². The van der Waals surface area contributed by atoms with Gasteiger partial charge in [-0.2, -0.15) is 0 Å². The highest BCUT2D eigenvalue weighted by Crippen LogP contribution is 2.32. The number of hydrogen-bond acceptors (Lipinski definition) is 1. The molecule has 14 heavy (non-hydrogen) atoms. The maximum absolute atomic E-state index is 10.2. The van der Waals surface area contributed by atoms with Crippen molar-refractivity contribution in [2.24, 2.45) is 11.8 Å². The third-order valence-electron chi connectivity index (χ3n) is 3.86. The molecule has 2 aliphatic rings. The van der Waals surface area contributed by atoms with Gasteiger partial charge >= 0.3 is 0 Å². The summed E-state index contributed by atoms with van der Waals surface area (Å²) in [5.41, 5.74) is 0. The molecular weight excluding hydrogens is 172 g/mol. The zero-order valence-corrected chi connectivity index (χ0v) is 8.99. The Morgan fingerprint density at radius 1 is 1.00 bits per heavy atom. The first-order valence-corrected chi connectivity index (χ1v) is 6.22. The van der Waals surface area contributed by atoms with Crippen LogP contribution in [0.2, 0.25) is 0 Å². The minimum absolute atomic E-state index is 0.0492. The number of rotatable bonds is 2. The average molecular weight is 194 g/mol. The van der Waals surface area contributed by atoms with Crippen molar-refractivity contribution in [2.75, 3.05) is 0 Å². The summed E-state index contributed by atoms with van der Waals surface area (Å²) < 4.78 is 0. The van der Waals surface area contributed by atoms with Crippen LogP contribution in [0.4, 0.5) is 0 Å². The molecule has 0 aromatic rings. The van der Waals surface area contributed by atoms with Gasteiger partial charge in [-0.15, -0.1) is 0 Å². The van der Waals surface area contributed by atoms with Gasteiger partial charge in [-0.1, -0.05) is 31.4 Å². The van der Waals surface area contributed by atoms with Crippen molar-refractivity contribution in [2.45, 2.75) is 57.5 Å². The molecule has 0 aromatic heterocycles. The fourth-order valence-electron chi connectivity index (χ4n) is 2.95. The van der Waals surface area contributed by atoms with E-state index in [1.165, 1.54) is 51.4 Å². The first kappa shape index (κ1) is 10.2. The number of aliphatic hydroxyl groups excluding tert-OH is 1. The van der Waals surface area contributed by atoms with E-state index < -0.39 is 0 Å². The molecule has 2 aliphatic carbocycles. The first-order valence-electron chi connectivity index (χ1n) is 6.22. The molecule has 0 saturated heterocycles. The van der Waals surface area contributed by atoms with Crippen molar-refractivity contribution in [3.05, 3.63) is 12.2 Å². The summed E-state index contributed by atoms with van der Waals surface area (Å²) in [5.74, 6) is 1.06. The van der Waals surface area contributed by atoms with Crippen LogP contribution in [-0.2, 0) is 0 Å². The molecule has 80 valence electrons. The van der Waals surface area contributed by atoms with E-state index in [2.05, 4.69) is 12.2 Å². The lowest BCUT2D eigenvalue weighted by Gasteiger charge is -2.32. The Morgan fingerprint density at radius 3 is 2.43 bits per heavy atom. The Labute approximate surface area is 87.2 Å². The molecule has 1 fully saturated rings. The van der Waals surface area contributed by atoms with E-state index >= 15 is 0 Å². The van der Waals surface area contributed by atoms with Gasteiger partial charge in [0, 0.05) is 5.92 Å². The van der Waals surface area contributed by atoms with E-state index in [-0.39, 0.29) is 6.10 Å². The molecule has 0 bridgehead atoms. The highest BCUT2D eigenvalue weighted by Gasteiger charge is 2.27. The van der Waals surface area contributed by atoms with Crippen molar-refractivity contribution in [3.8, 4) is 0 Å². The van der Waals surface area contributed by atoms with Crippen LogP contribution in [0.5, 0.6) is 0 Å². The summed E-state index contributed by atoms with van der Waals surface area (Å²) >= 11 is 0. The quantitative estimate of drug-likeness (QED) is 0.669. The lowest BCUT2D eigenvalue weighted by Crippen LogP contribution is -2.30. The van der Waals surface area contributed by atoms with Gasteiger partial charge in [-0.25, -0.2) is 0 Å². The summed E-state index contributed by atoms with van der Waals surface area (Å²) in [6.07, 6.45) is 14.7. The summed E-state index contributed by atoms with van der Waals surface area (Å²) in [7, 11) is 0. The van der Waals surface area contributed by atoms with E-state index in [4.69, 9.17) is 0 Å². The van der Waals surface area contributed by atoms with Crippen LogP contribution in [0, 0.1) is 11.8 Å². The van der Waals surface area contributed by atoms with Gasteiger partial charge in [0.25, 0.3) is 0 Å². The van der Waals surface area contributed by atoms with E-state index in [1.54, 1.807) is 0 Å². The molecule has 1 heteroatoms.